The lowest BCUT2D eigenvalue weighted by Crippen LogP contribution is -2.23. The van der Waals surface area contributed by atoms with Gasteiger partial charge in [0, 0.05) is 10.7 Å². The molecule has 4 rings (SSSR count). The first-order valence-corrected chi connectivity index (χ1v) is 10.1. The topological polar surface area (TPSA) is 92.2 Å². The van der Waals surface area contributed by atoms with Crippen molar-refractivity contribution in [2.24, 2.45) is 0 Å². The number of rotatable bonds is 8. The van der Waals surface area contributed by atoms with Crippen LogP contribution >= 0.6 is 11.6 Å². The lowest BCUT2D eigenvalue weighted by atomic mass is 10.1. The lowest BCUT2D eigenvalue weighted by Gasteiger charge is -2.19. The van der Waals surface area contributed by atoms with Gasteiger partial charge in [0.05, 0.1) is 12.1 Å². The smallest absolute Gasteiger partial charge is 0.422 e. The van der Waals surface area contributed by atoms with Crippen molar-refractivity contribution in [1.29, 1.82) is 0 Å². The Kier molecular flexibility index (Phi) is 6.07. The third-order valence-corrected chi connectivity index (χ3v) is 5.12. The Labute approximate surface area is 186 Å². The molecule has 1 aromatic heterocycles. The molecule has 1 aliphatic carbocycles. The van der Waals surface area contributed by atoms with Crippen LogP contribution in [0.3, 0.4) is 0 Å². The van der Waals surface area contributed by atoms with Gasteiger partial charge in [-0.25, -0.2) is 0 Å². The maximum absolute atomic E-state index is 12.6. The zero-order valence-electron chi connectivity index (χ0n) is 16.7. The maximum Gasteiger partial charge on any atom is 0.422 e. The fourth-order valence-electron chi connectivity index (χ4n) is 3.10. The zero-order valence-corrected chi connectivity index (χ0v) is 17.4. The summed E-state index contributed by atoms with van der Waals surface area (Å²) in [5.41, 5.74) is 1.82. The van der Waals surface area contributed by atoms with Gasteiger partial charge in [-0.15, -0.1) is 0 Å². The molecule has 7 nitrogen and oxygen atoms in total. The molecule has 0 unspecified atom stereocenters. The van der Waals surface area contributed by atoms with E-state index < -0.39 is 24.3 Å². The quantitative estimate of drug-likeness (QED) is 0.440. The van der Waals surface area contributed by atoms with Crippen molar-refractivity contribution in [3.63, 3.8) is 0 Å². The van der Waals surface area contributed by atoms with Crippen LogP contribution in [0, 0.1) is 0 Å². The molecular formula is C21H19ClF3N5O2. The average molecular weight is 466 g/mol. The summed E-state index contributed by atoms with van der Waals surface area (Å²) < 4.78 is 42.7. The van der Waals surface area contributed by atoms with Crippen molar-refractivity contribution < 1.29 is 23.0 Å². The van der Waals surface area contributed by atoms with E-state index in [0.717, 1.165) is 18.4 Å². The Morgan fingerprint density at radius 3 is 2.22 bits per heavy atom. The number of hydrogen-bond acceptors (Lipinski definition) is 7. The minimum Gasteiger partial charge on any atom is -0.454 e. The highest BCUT2D eigenvalue weighted by Gasteiger charge is 2.45. The number of nitrogens with one attached hydrogen (secondary N) is 2. The van der Waals surface area contributed by atoms with E-state index in [1.807, 2.05) is 12.1 Å². The van der Waals surface area contributed by atoms with E-state index in [1.54, 1.807) is 36.4 Å². The molecule has 3 aromatic rings. The number of aliphatic hydroxyl groups is 1. The van der Waals surface area contributed by atoms with Crippen molar-refractivity contribution in [3.05, 3.63) is 64.7 Å². The standard InChI is InChI=1S/C21H19ClF3N5O2/c22-15-5-3-14(4-6-15)20(9-10-20)30-18-27-17(26-16-7-1-13(11-31)2-8-16)28-19(29-18)32-12-21(23,24)25/h1-8,31H,9-12H2,(H2,26,27,28,29,30). The molecule has 11 heteroatoms. The summed E-state index contributed by atoms with van der Waals surface area (Å²) in [4.78, 5) is 12.3. The Morgan fingerprint density at radius 1 is 0.969 bits per heavy atom. The van der Waals surface area contributed by atoms with E-state index >= 15 is 0 Å². The van der Waals surface area contributed by atoms with Gasteiger partial charge in [0.25, 0.3) is 0 Å². The van der Waals surface area contributed by atoms with Crippen LogP contribution in [0.1, 0.15) is 24.0 Å². The molecule has 0 radical (unpaired) electrons. The third-order valence-electron chi connectivity index (χ3n) is 4.87. The van der Waals surface area contributed by atoms with Crippen LogP contribution in [0.5, 0.6) is 6.01 Å². The Bertz CT molecular complexity index is 1070. The Hall–Kier alpha value is -3.11. The summed E-state index contributed by atoms with van der Waals surface area (Å²) in [6.07, 6.45) is -2.94. The minimum atomic E-state index is -4.53. The van der Waals surface area contributed by atoms with Crippen LogP contribution < -0.4 is 15.4 Å². The highest BCUT2D eigenvalue weighted by Crippen LogP contribution is 2.48. The van der Waals surface area contributed by atoms with Crippen LogP contribution in [0.4, 0.5) is 30.8 Å². The van der Waals surface area contributed by atoms with Crippen LogP contribution in [-0.4, -0.2) is 32.8 Å². The highest BCUT2D eigenvalue weighted by molar-refractivity contribution is 6.30. The van der Waals surface area contributed by atoms with E-state index in [2.05, 4.69) is 25.6 Å². The van der Waals surface area contributed by atoms with Crippen LogP contribution in [-0.2, 0) is 12.1 Å². The average Bonchev–Trinajstić information content (AvgIpc) is 3.53. The number of aromatic nitrogens is 3. The van der Waals surface area contributed by atoms with Gasteiger partial charge in [-0.1, -0.05) is 35.9 Å². The first kappa shape index (κ1) is 22.1. The number of nitrogens with zero attached hydrogens (tertiary/aromatic N) is 3. The number of hydrogen-bond donors (Lipinski definition) is 3. The number of benzene rings is 2. The minimum absolute atomic E-state index is 0.0170. The largest absolute Gasteiger partial charge is 0.454 e. The van der Waals surface area contributed by atoms with Gasteiger partial charge in [0.15, 0.2) is 6.61 Å². The molecular weight excluding hydrogens is 447 g/mol. The number of aliphatic hydroxyl groups excluding tert-OH is 1. The molecule has 1 aliphatic rings. The lowest BCUT2D eigenvalue weighted by molar-refractivity contribution is -0.154. The van der Waals surface area contributed by atoms with E-state index in [-0.39, 0.29) is 18.5 Å². The van der Waals surface area contributed by atoms with Gasteiger partial charge in [-0.05, 0) is 48.2 Å². The van der Waals surface area contributed by atoms with Gasteiger partial charge in [0.1, 0.15) is 0 Å². The fraction of sp³-hybridized carbons (Fsp3) is 0.286. The number of halogens is 4. The first-order chi connectivity index (χ1) is 15.2. The van der Waals surface area contributed by atoms with E-state index in [9.17, 15) is 13.2 Å². The van der Waals surface area contributed by atoms with Crippen molar-refractivity contribution in [3.8, 4) is 6.01 Å². The second-order valence-electron chi connectivity index (χ2n) is 7.36. The zero-order chi connectivity index (χ0) is 22.8. The predicted molar refractivity (Wildman–Crippen MR) is 113 cm³/mol. The van der Waals surface area contributed by atoms with Crippen molar-refractivity contribution in [2.45, 2.75) is 31.2 Å². The first-order valence-electron chi connectivity index (χ1n) is 9.71. The molecule has 0 amide bonds. The monoisotopic (exact) mass is 465 g/mol. The van der Waals surface area contributed by atoms with Crippen molar-refractivity contribution in [1.82, 2.24) is 15.0 Å². The van der Waals surface area contributed by atoms with Crippen LogP contribution in [0.25, 0.3) is 0 Å². The number of anilines is 3. The normalized spacial score (nSPS) is 14.7. The maximum atomic E-state index is 12.6. The van der Waals surface area contributed by atoms with Crippen molar-refractivity contribution >= 4 is 29.2 Å². The SMILES string of the molecule is OCc1ccc(Nc2nc(NC3(c4ccc(Cl)cc4)CC3)nc(OCC(F)(F)F)n2)cc1. The summed E-state index contributed by atoms with van der Waals surface area (Å²) in [6, 6.07) is 13.6. The summed E-state index contributed by atoms with van der Waals surface area (Å²) in [6.45, 7) is -1.63. The molecule has 32 heavy (non-hydrogen) atoms. The van der Waals surface area contributed by atoms with Gasteiger partial charge in [-0.2, -0.15) is 28.1 Å². The summed E-state index contributed by atoms with van der Waals surface area (Å²) in [5, 5.41) is 15.9. The molecule has 0 bridgehead atoms. The molecule has 2 aromatic carbocycles. The highest BCUT2D eigenvalue weighted by atomic mass is 35.5. The molecule has 168 valence electrons. The van der Waals surface area contributed by atoms with Crippen LogP contribution in [0.15, 0.2) is 48.5 Å². The van der Waals surface area contributed by atoms with Crippen molar-refractivity contribution in [2.75, 3.05) is 17.2 Å². The number of alkyl halides is 3. The van der Waals surface area contributed by atoms with E-state index in [1.165, 1.54) is 0 Å². The summed E-state index contributed by atoms with van der Waals surface area (Å²) in [7, 11) is 0. The number of ether oxygens (including phenoxy) is 1. The molecule has 0 atom stereocenters. The molecule has 1 fully saturated rings. The molecule has 0 aliphatic heterocycles. The molecule has 1 saturated carbocycles. The predicted octanol–water partition coefficient (Wildman–Crippen LogP) is 4.80. The van der Waals surface area contributed by atoms with Gasteiger partial charge in [-0.3, -0.25) is 0 Å². The molecule has 0 spiro atoms. The fourth-order valence-corrected chi connectivity index (χ4v) is 3.22. The van der Waals surface area contributed by atoms with Gasteiger partial charge >= 0.3 is 12.2 Å². The second kappa shape index (κ2) is 8.79. The second-order valence-corrected chi connectivity index (χ2v) is 7.80. The van der Waals surface area contributed by atoms with E-state index in [4.69, 9.17) is 21.4 Å². The molecule has 3 N–H and O–H groups in total. The summed E-state index contributed by atoms with van der Waals surface area (Å²) >= 11 is 5.97. The molecule has 1 heterocycles. The molecule has 0 saturated heterocycles. The van der Waals surface area contributed by atoms with Gasteiger partial charge < -0.3 is 20.5 Å². The van der Waals surface area contributed by atoms with Gasteiger partial charge in [0.2, 0.25) is 11.9 Å². The Morgan fingerprint density at radius 2 is 1.62 bits per heavy atom. The van der Waals surface area contributed by atoms with Crippen LogP contribution in [0.2, 0.25) is 5.02 Å². The van der Waals surface area contributed by atoms with E-state index in [0.29, 0.717) is 16.3 Å². The Balaban J connectivity index is 1.59. The summed E-state index contributed by atoms with van der Waals surface area (Å²) in [5.74, 6) is 0.0995. The third kappa shape index (κ3) is 5.57.